The van der Waals surface area contributed by atoms with Crippen molar-refractivity contribution >= 4 is 67.7 Å². The standard InChI is InChI=1S/C22H24Cl2N6OS2/c1-2-3-26-19-16(24)4-12(8-27-19)20(31)29-22-28-18(17-5-15(23)11-32-17)21(33-22)30-9-13-6-25-7-14(13)10-30/h4-5,8,11,13-14,25H,2-3,6-7,9-10H2,1H3,(H,26,27)(H,28,29,31). The Morgan fingerprint density at radius 1 is 1.27 bits per heavy atom. The number of thiazole rings is 1. The van der Waals surface area contributed by atoms with E-state index in [1.54, 1.807) is 17.4 Å². The molecule has 2 aliphatic heterocycles. The number of thiophene rings is 1. The van der Waals surface area contributed by atoms with Crippen molar-refractivity contribution in [3.05, 3.63) is 39.3 Å². The Morgan fingerprint density at radius 2 is 2.06 bits per heavy atom. The van der Waals surface area contributed by atoms with Crippen LogP contribution >= 0.6 is 45.9 Å². The van der Waals surface area contributed by atoms with Gasteiger partial charge in [0.15, 0.2) is 5.13 Å². The summed E-state index contributed by atoms with van der Waals surface area (Å²) in [6.07, 6.45) is 2.49. The summed E-state index contributed by atoms with van der Waals surface area (Å²) in [7, 11) is 0. The summed E-state index contributed by atoms with van der Waals surface area (Å²) in [4.78, 5) is 25.4. The monoisotopic (exact) mass is 522 g/mol. The van der Waals surface area contributed by atoms with Gasteiger partial charge in [-0.1, -0.05) is 41.5 Å². The number of nitrogens with one attached hydrogen (secondary N) is 3. The number of fused-ring (bicyclic) bond motifs is 1. The molecule has 2 unspecified atom stereocenters. The zero-order valence-electron chi connectivity index (χ0n) is 18.0. The van der Waals surface area contributed by atoms with E-state index in [2.05, 4.69) is 32.8 Å². The molecule has 0 saturated carbocycles. The first-order valence-corrected chi connectivity index (χ1v) is 13.4. The summed E-state index contributed by atoms with van der Waals surface area (Å²) in [5.41, 5.74) is 1.26. The average Bonchev–Trinajstić information content (AvgIpc) is 3.56. The van der Waals surface area contributed by atoms with Gasteiger partial charge in [-0.15, -0.1) is 11.3 Å². The fourth-order valence-electron chi connectivity index (χ4n) is 4.30. The Morgan fingerprint density at radius 3 is 2.73 bits per heavy atom. The number of halogens is 2. The summed E-state index contributed by atoms with van der Waals surface area (Å²) in [6.45, 7) is 6.93. The van der Waals surface area contributed by atoms with Crippen LogP contribution in [0.3, 0.4) is 0 Å². The fourth-order valence-corrected chi connectivity index (χ4v) is 6.66. The normalized spacial score (nSPS) is 19.7. The highest BCUT2D eigenvalue weighted by Gasteiger charge is 2.38. The van der Waals surface area contributed by atoms with Crippen molar-refractivity contribution in [1.82, 2.24) is 15.3 Å². The first-order chi connectivity index (χ1) is 16.0. The number of hydrogen-bond donors (Lipinski definition) is 3. The van der Waals surface area contributed by atoms with Gasteiger partial charge in [0.2, 0.25) is 0 Å². The molecule has 3 N–H and O–H groups in total. The second kappa shape index (κ2) is 9.76. The van der Waals surface area contributed by atoms with Gasteiger partial charge in [0.05, 0.1) is 20.5 Å². The molecule has 2 fully saturated rings. The zero-order chi connectivity index (χ0) is 22.9. The Labute approximate surface area is 210 Å². The van der Waals surface area contributed by atoms with Gasteiger partial charge < -0.3 is 15.5 Å². The number of aromatic nitrogens is 2. The number of hydrogen-bond acceptors (Lipinski definition) is 8. The molecule has 2 saturated heterocycles. The van der Waals surface area contributed by atoms with Gasteiger partial charge in [0, 0.05) is 44.3 Å². The van der Waals surface area contributed by atoms with Gasteiger partial charge >= 0.3 is 0 Å². The molecule has 0 bridgehead atoms. The number of rotatable bonds is 7. The molecule has 0 radical (unpaired) electrons. The van der Waals surface area contributed by atoms with E-state index in [1.807, 2.05) is 11.4 Å². The molecule has 11 heteroatoms. The number of carbonyl (C=O) groups excluding carboxylic acids is 1. The van der Waals surface area contributed by atoms with Crippen LogP contribution in [0.4, 0.5) is 16.0 Å². The SMILES string of the molecule is CCCNc1ncc(C(=O)Nc2nc(-c3cc(Cl)cs3)c(N3CC4CNCC4C3)s2)cc1Cl. The largest absolute Gasteiger partial charge is 0.369 e. The van der Waals surface area contributed by atoms with Crippen LogP contribution in [0.5, 0.6) is 0 Å². The highest BCUT2D eigenvalue weighted by atomic mass is 35.5. The Hall–Kier alpha value is -1.91. The predicted molar refractivity (Wildman–Crippen MR) is 138 cm³/mol. The third-order valence-electron chi connectivity index (χ3n) is 5.95. The van der Waals surface area contributed by atoms with E-state index >= 15 is 0 Å². The Bertz CT molecular complexity index is 1150. The van der Waals surface area contributed by atoms with E-state index in [0.29, 0.717) is 38.4 Å². The van der Waals surface area contributed by atoms with Gasteiger partial charge in [0.1, 0.15) is 16.5 Å². The third kappa shape index (κ3) is 4.83. The molecule has 0 aliphatic carbocycles. The topological polar surface area (TPSA) is 82.2 Å². The van der Waals surface area contributed by atoms with Crippen LogP contribution in [0.15, 0.2) is 23.7 Å². The molecule has 5 rings (SSSR count). The van der Waals surface area contributed by atoms with Crippen LogP contribution in [-0.2, 0) is 0 Å². The highest BCUT2D eigenvalue weighted by molar-refractivity contribution is 7.21. The van der Waals surface area contributed by atoms with Crippen molar-refractivity contribution in [1.29, 1.82) is 0 Å². The van der Waals surface area contributed by atoms with Crippen LogP contribution in [0.2, 0.25) is 10.0 Å². The van der Waals surface area contributed by atoms with Crippen molar-refractivity contribution < 1.29 is 4.79 Å². The smallest absolute Gasteiger partial charge is 0.259 e. The quantitative estimate of drug-likeness (QED) is 0.390. The fraction of sp³-hybridized carbons (Fsp3) is 0.409. The maximum atomic E-state index is 12.9. The summed E-state index contributed by atoms with van der Waals surface area (Å²) in [5, 5.41) is 14.2. The number of nitrogens with zero attached hydrogens (tertiary/aromatic N) is 3. The average molecular weight is 524 g/mol. The second-order valence-corrected chi connectivity index (χ2v) is 11.1. The first-order valence-electron chi connectivity index (χ1n) is 10.9. The van der Waals surface area contributed by atoms with Crippen molar-refractivity contribution in [2.75, 3.05) is 48.3 Å². The first kappa shape index (κ1) is 22.9. The number of carbonyl (C=O) groups is 1. The number of anilines is 3. The lowest BCUT2D eigenvalue weighted by molar-refractivity contribution is 0.102. The van der Waals surface area contributed by atoms with Gasteiger partial charge in [-0.05, 0) is 30.4 Å². The van der Waals surface area contributed by atoms with Crippen LogP contribution in [0.25, 0.3) is 10.6 Å². The van der Waals surface area contributed by atoms with Crippen molar-refractivity contribution in [2.24, 2.45) is 11.8 Å². The van der Waals surface area contributed by atoms with Crippen molar-refractivity contribution in [3.8, 4) is 10.6 Å². The zero-order valence-corrected chi connectivity index (χ0v) is 21.2. The molecule has 7 nitrogen and oxygen atoms in total. The molecular weight excluding hydrogens is 499 g/mol. The van der Waals surface area contributed by atoms with E-state index in [1.165, 1.54) is 17.5 Å². The van der Waals surface area contributed by atoms with E-state index in [-0.39, 0.29) is 5.91 Å². The Kier molecular flexibility index (Phi) is 6.76. The minimum Gasteiger partial charge on any atom is -0.369 e. The Balaban J connectivity index is 1.39. The van der Waals surface area contributed by atoms with E-state index in [0.717, 1.165) is 54.7 Å². The molecule has 5 heterocycles. The number of amides is 1. The van der Waals surface area contributed by atoms with E-state index in [9.17, 15) is 4.79 Å². The van der Waals surface area contributed by atoms with Crippen molar-refractivity contribution in [2.45, 2.75) is 13.3 Å². The maximum absolute atomic E-state index is 12.9. The second-order valence-electron chi connectivity index (χ2n) is 8.32. The summed E-state index contributed by atoms with van der Waals surface area (Å²) in [6, 6.07) is 3.56. The lowest BCUT2D eigenvalue weighted by Gasteiger charge is -2.18. The summed E-state index contributed by atoms with van der Waals surface area (Å²) < 4.78 is 0. The van der Waals surface area contributed by atoms with E-state index < -0.39 is 0 Å². The molecule has 0 aromatic carbocycles. The maximum Gasteiger partial charge on any atom is 0.259 e. The molecule has 33 heavy (non-hydrogen) atoms. The molecule has 1 amide bonds. The van der Waals surface area contributed by atoms with Gasteiger partial charge in [-0.2, -0.15) is 0 Å². The lowest BCUT2D eigenvalue weighted by atomic mass is 10.0. The van der Waals surface area contributed by atoms with Gasteiger partial charge in [0.25, 0.3) is 5.91 Å². The minimum atomic E-state index is -0.287. The molecule has 3 aromatic heterocycles. The molecule has 2 atom stereocenters. The lowest BCUT2D eigenvalue weighted by Crippen LogP contribution is -2.25. The summed E-state index contributed by atoms with van der Waals surface area (Å²) in [5.74, 6) is 1.60. The van der Waals surface area contributed by atoms with Crippen LogP contribution < -0.4 is 20.9 Å². The molecular formula is C22H24Cl2N6OS2. The van der Waals surface area contributed by atoms with E-state index in [4.69, 9.17) is 28.2 Å². The molecule has 0 spiro atoms. The van der Waals surface area contributed by atoms with Crippen LogP contribution in [0, 0.1) is 11.8 Å². The van der Waals surface area contributed by atoms with Crippen LogP contribution in [0.1, 0.15) is 23.7 Å². The highest BCUT2D eigenvalue weighted by Crippen LogP contribution is 2.44. The van der Waals surface area contributed by atoms with Gasteiger partial charge in [-0.3, -0.25) is 10.1 Å². The minimum absolute atomic E-state index is 0.287. The molecule has 174 valence electrons. The summed E-state index contributed by atoms with van der Waals surface area (Å²) >= 11 is 15.6. The third-order valence-corrected chi connectivity index (χ3v) is 8.56. The van der Waals surface area contributed by atoms with Crippen molar-refractivity contribution in [3.63, 3.8) is 0 Å². The van der Waals surface area contributed by atoms with Gasteiger partial charge in [-0.25, -0.2) is 9.97 Å². The molecule has 3 aromatic rings. The predicted octanol–water partition coefficient (Wildman–Crippen LogP) is 5.30. The molecule has 2 aliphatic rings. The number of pyridine rings is 1. The van der Waals surface area contributed by atoms with Crippen LogP contribution in [-0.4, -0.2) is 48.6 Å².